The van der Waals surface area contributed by atoms with Crippen LogP contribution in [-0.4, -0.2) is 29.7 Å². The average Bonchev–Trinajstić information content (AvgIpc) is 2.33. The number of ketones is 1. The summed E-state index contributed by atoms with van der Waals surface area (Å²) in [4.78, 5) is 25.0. The van der Waals surface area contributed by atoms with E-state index in [0.29, 0.717) is 36.5 Å². The van der Waals surface area contributed by atoms with Crippen molar-refractivity contribution in [2.75, 3.05) is 13.1 Å². The zero-order valence-corrected chi connectivity index (χ0v) is 10.5. The Kier molecular flexibility index (Phi) is 3.48. The smallest absolute Gasteiger partial charge is 0.255 e. The van der Waals surface area contributed by atoms with Gasteiger partial charge in [-0.2, -0.15) is 0 Å². The van der Waals surface area contributed by atoms with Crippen molar-refractivity contribution in [3.8, 4) is 0 Å². The number of amides is 1. The number of nitrogens with zero attached hydrogens (tertiary/aromatic N) is 1. The van der Waals surface area contributed by atoms with Crippen molar-refractivity contribution in [1.82, 2.24) is 4.90 Å². The van der Waals surface area contributed by atoms with Gasteiger partial charge in [-0.05, 0) is 18.6 Å². The largest absolute Gasteiger partial charge is 0.338 e. The lowest BCUT2D eigenvalue weighted by atomic mass is 10.1. The number of hydrogen-bond acceptors (Lipinski definition) is 2. The molecule has 90 valence electrons. The molecule has 1 heterocycles. The van der Waals surface area contributed by atoms with E-state index in [1.807, 2.05) is 19.1 Å². The third-order valence-electron chi connectivity index (χ3n) is 3.03. The molecule has 1 aliphatic rings. The Morgan fingerprint density at radius 1 is 1.29 bits per heavy atom. The van der Waals surface area contributed by atoms with Gasteiger partial charge in [0.1, 0.15) is 5.78 Å². The number of Topliss-reactive ketones (excluding diaryl/α,β-unsaturated/α-hetero) is 1. The van der Waals surface area contributed by atoms with Crippen LogP contribution in [0.1, 0.15) is 28.8 Å². The molecule has 4 heteroatoms. The molecule has 17 heavy (non-hydrogen) atoms. The molecule has 3 nitrogen and oxygen atoms in total. The Labute approximate surface area is 105 Å². The van der Waals surface area contributed by atoms with E-state index >= 15 is 0 Å². The highest BCUT2D eigenvalue weighted by Gasteiger charge is 2.23. The molecule has 0 aromatic heterocycles. The summed E-state index contributed by atoms with van der Waals surface area (Å²) in [6.45, 7) is 2.88. The zero-order valence-electron chi connectivity index (χ0n) is 9.70. The molecule has 1 fully saturated rings. The van der Waals surface area contributed by atoms with Crippen LogP contribution in [0.5, 0.6) is 0 Å². The fraction of sp³-hybridized carbons (Fsp3) is 0.385. The summed E-state index contributed by atoms with van der Waals surface area (Å²) in [6.07, 6.45) is 0.907. The Morgan fingerprint density at radius 3 is 2.59 bits per heavy atom. The van der Waals surface area contributed by atoms with Crippen LogP contribution in [0.3, 0.4) is 0 Å². The van der Waals surface area contributed by atoms with Crippen LogP contribution in [0.2, 0.25) is 5.02 Å². The SMILES string of the molecule is Cc1cccc(C(=O)N2CCC(=O)CC2)c1Cl. The van der Waals surface area contributed by atoms with Crippen LogP contribution in [-0.2, 0) is 4.79 Å². The molecule has 0 aliphatic carbocycles. The summed E-state index contributed by atoms with van der Waals surface area (Å²) in [5, 5.41) is 0.509. The van der Waals surface area contributed by atoms with Crippen molar-refractivity contribution in [2.24, 2.45) is 0 Å². The number of halogens is 1. The van der Waals surface area contributed by atoms with Gasteiger partial charge in [-0.15, -0.1) is 0 Å². The van der Waals surface area contributed by atoms with Crippen molar-refractivity contribution < 1.29 is 9.59 Å². The summed E-state index contributed by atoms with van der Waals surface area (Å²) in [5.41, 5.74) is 1.42. The Morgan fingerprint density at radius 2 is 1.94 bits per heavy atom. The number of carbonyl (C=O) groups excluding carboxylic acids is 2. The van der Waals surface area contributed by atoms with Crippen LogP contribution in [0, 0.1) is 6.92 Å². The summed E-state index contributed by atoms with van der Waals surface area (Å²) >= 11 is 6.12. The molecule has 0 unspecified atom stereocenters. The normalized spacial score (nSPS) is 16.1. The minimum atomic E-state index is -0.0776. The molecule has 0 atom stereocenters. The van der Waals surface area contributed by atoms with Crippen LogP contribution >= 0.6 is 11.6 Å². The summed E-state index contributed by atoms with van der Waals surface area (Å²) < 4.78 is 0. The fourth-order valence-corrected chi connectivity index (χ4v) is 2.15. The van der Waals surface area contributed by atoms with E-state index in [9.17, 15) is 9.59 Å². The van der Waals surface area contributed by atoms with Gasteiger partial charge in [0.2, 0.25) is 0 Å². The minimum Gasteiger partial charge on any atom is -0.338 e. The van der Waals surface area contributed by atoms with Gasteiger partial charge in [0.25, 0.3) is 5.91 Å². The Balaban J connectivity index is 2.20. The monoisotopic (exact) mass is 251 g/mol. The van der Waals surface area contributed by atoms with E-state index in [2.05, 4.69) is 0 Å². The van der Waals surface area contributed by atoms with Crippen LogP contribution in [0.15, 0.2) is 18.2 Å². The van der Waals surface area contributed by atoms with Gasteiger partial charge >= 0.3 is 0 Å². The first-order valence-electron chi connectivity index (χ1n) is 5.65. The van der Waals surface area contributed by atoms with Crippen LogP contribution in [0.25, 0.3) is 0 Å². The lowest BCUT2D eigenvalue weighted by Crippen LogP contribution is -2.38. The third kappa shape index (κ3) is 2.50. The number of piperidine rings is 1. The number of benzene rings is 1. The maximum absolute atomic E-state index is 12.2. The predicted molar refractivity (Wildman–Crippen MR) is 66.3 cm³/mol. The maximum atomic E-state index is 12.2. The highest BCUT2D eigenvalue weighted by atomic mass is 35.5. The molecule has 0 saturated carbocycles. The summed E-state index contributed by atoms with van der Waals surface area (Å²) in [5.74, 6) is 0.149. The highest BCUT2D eigenvalue weighted by molar-refractivity contribution is 6.34. The van der Waals surface area contributed by atoms with Crippen molar-refractivity contribution in [3.05, 3.63) is 34.3 Å². The first kappa shape index (κ1) is 12.1. The second kappa shape index (κ2) is 4.88. The predicted octanol–water partition coefficient (Wildman–Crippen LogP) is 2.45. The Hall–Kier alpha value is -1.35. The fourth-order valence-electron chi connectivity index (χ4n) is 1.94. The average molecular weight is 252 g/mol. The van der Waals surface area contributed by atoms with Crippen molar-refractivity contribution in [1.29, 1.82) is 0 Å². The van der Waals surface area contributed by atoms with E-state index in [0.717, 1.165) is 5.56 Å². The molecule has 0 bridgehead atoms. The van der Waals surface area contributed by atoms with Crippen LogP contribution < -0.4 is 0 Å². The van der Waals surface area contributed by atoms with E-state index in [1.54, 1.807) is 11.0 Å². The van der Waals surface area contributed by atoms with Gasteiger partial charge in [-0.3, -0.25) is 9.59 Å². The first-order valence-corrected chi connectivity index (χ1v) is 6.03. The van der Waals surface area contributed by atoms with E-state index < -0.39 is 0 Å². The standard InChI is InChI=1S/C13H14ClNO2/c1-9-3-2-4-11(12(9)14)13(17)15-7-5-10(16)6-8-15/h2-4H,5-8H2,1H3. The molecule has 0 radical (unpaired) electrons. The van der Waals surface area contributed by atoms with Gasteiger partial charge < -0.3 is 4.90 Å². The van der Waals surface area contributed by atoms with Crippen molar-refractivity contribution >= 4 is 23.3 Å². The van der Waals surface area contributed by atoms with Crippen LogP contribution in [0.4, 0.5) is 0 Å². The number of aryl methyl sites for hydroxylation is 1. The lowest BCUT2D eigenvalue weighted by Gasteiger charge is -2.26. The number of rotatable bonds is 1. The molecular formula is C13H14ClNO2. The zero-order chi connectivity index (χ0) is 12.4. The second-order valence-corrected chi connectivity index (χ2v) is 4.65. The third-order valence-corrected chi connectivity index (χ3v) is 3.53. The lowest BCUT2D eigenvalue weighted by molar-refractivity contribution is -0.120. The van der Waals surface area contributed by atoms with Gasteiger partial charge in [0.15, 0.2) is 0 Å². The topological polar surface area (TPSA) is 37.4 Å². The quantitative estimate of drug-likeness (QED) is 0.769. The molecule has 1 aromatic carbocycles. The summed E-state index contributed by atoms with van der Waals surface area (Å²) in [7, 11) is 0. The Bertz CT molecular complexity index is 460. The van der Waals surface area contributed by atoms with E-state index in [1.165, 1.54) is 0 Å². The molecule has 0 spiro atoms. The molecule has 1 saturated heterocycles. The molecule has 1 aromatic rings. The maximum Gasteiger partial charge on any atom is 0.255 e. The minimum absolute atomic E-state index is 0.0776. The molecular weight excluding hydrogens is 238 g/mol. The molecule has 2 rings (SSSR count). The van der Waals surface area contributed by atoms with Gasteiger partial charge in [-0.25, -0.2) is 0 Å². The van der Waals surface area contributed by atoms with Crippen molar-refractivity contribution in [3.63, 3.8) is 0 Å². The second-order valence-electron chi connectivity index (χ2n) is 4.27. The molecule has 0 N–H and O–H groups in total. The molecule has 1 aliphatic heterocycles. The molecule has 1 amide bonds. The number of carbonyl (C=O) groups is 2. The van der Waals surface area contributed by atoms with Gasteiger partial charge in [0.05, 0.1) is 10.6 Å². The van der Waals surface area contributed by atoms with Gasteiger partial charge in [-0.1, -0.05) is 23.7 Å². The number of likely N-dealkylation sites (tertiary alicyclic amines) is 1. The summed E-state index contributed by atoms with van der Waals surface area (Å²) in [6, 6.07) is 5.43. The van der Waals surface area contributed by atoms with E-state index in [4.69, 9.17) is 11.6 Å². The highest BCUT2D eigenvalue weighted by Crippen LogP contribution is 2.22. The number of hydrogen-bond donors (Lipinski definition) is 0. The van der Waals surface area contributed by atoms with E-state index in [-0.39, 0.29) is 11.7 Å². The first-order chi connectivity index (χ1) is 8.09. The van der Waals surface area contributed by atoms with Gasteiger partial charge in [0, 0.05) is 25.9 Å². The van der Waals surface area contributed by atoms with Crippen molar-refractivity contribution in [2.45, 2.75) is 19.8 Å².